The second-order valence-electron chi connectivity index (χ2n) is 3.82. The van der Waals surface area contributed by atoms with Crippen LogP contribution in [-0.2, 0) is 0 Å². The fourth-order valence-corrected chi connectivity index (χ4v) is 2.53. The van der Waals surface area contributed by atoms with Gasteiger partial charge in [0.15, 0.2) is 5.16 Å². The van der Waals surface area contributed by atoms with E-state index in [1.165, 1.54) is 17.8 Å². The van der Waals surface area contributed by atoms with Crippen LogP contribution >= 0.6 is 11.8 Å². The SMILES string of the molecule is CC(O)c1ccccc1Sc1nc(N)cc(N)n1. The lowest BCUT2D eigenvalue weighted by molar-refractivity contribution is 0.196. The van der Waals surface area contributed by atoms with Crippen molar-refractivity contribution in [1.82, 2.24) is 9.97 Å². The molecule has 0 bridgehead atoms. The zero-order valence-corrected chi connectivity index (χ0v) is 10.7. The molecule has 1 aromatic carbocycles. The lowest BCUT2D eigenvalue weighted by atomic mass is 10.1. The summed E-state index contributed by atoms with van der Waals surface area (Å²) in [6.45, 7) is 1.72. The molecule has 0 radical (unpaired) electrons. The molecule has 6 heteroatoms. The highest BCUT2D eigenvalue weighted by atomic mass is 32.2. The molecule has 0 aliphatic heterocycles. The number of benzene rings is 1. The summed E-state index contributed by atoms with van der Waals surface area (Å²) >= 11 is 1.33. The highest BCUT2D eigenvalue weighted by molar-refractivity contribution is 7.99. The minimum Gasteiger partial charge on any atom is -0.389 e. The molecule has 0 aliphatic carbocycles. The maximum atomic E-state index is 9.69. The molecule has 0 spiro atoms. The molecule has 1 heterocycles. The van der Waals surface area contributed by atoms with Crippen LogP contribution in [0.15, 0.2) is 40.4 Å². The van der Waals surface area contributed by atoms with Crippen LogP contribution < -0.4 is 11.5 Å². The summed E-state index contributed by atoms with van der Waals surface area (Å²) in [6, 6.07) is 9.04. The molecule has 0 saturated heterocycles. The summed E-state index contributed by atoms with van der Waals surface area (Å²) in [6.07, 6.45) is -0.549. The number of nitrogens with zero attached hydrogens (tertiary/aromatic N) is 2. The average Bonchev–Trinajstić information content (AvgIpc) is 2.27. The summed E-state index contributed by atoms with van der Waals surface area (Å²) in [5.41, 5.74) is 12.1. The molecule has 94 valence electrons. The van der Waals surface area contributed by atoms with Gasteiger partial charge in [0.2, 0.25) is 0 Å². The van der Waals surface area contributed by atoms with Crippen molar-refractivity contribution in [1.29, 1.82) is 0 Å². The Morgan fingerprint density at radius 3 is 2.39 bits per heavy atom. The van der Waals surface area contributed by atoms with Gasteiger partial charge in [0.05, 0.1) is 6.10 Å². The summed E-state index contributed by atoms with van der Waals surface area (Å²) in [4.78, 5) is 9.08. The van der Waals surface area contributed by atoms with Gasteiger partial charge in [0.25, 0.3) is 0 Å². The van der Waals surface area contributed by atoms with E-state index in [4.69, 9.17) is 11.5 Å². The topological polar surface area (TPSA) is 98.0 Å². The van der Waals surface area contributed by atoms with E-state index >= 15 is 0 Å². The number of anilines is 2. The Morgan fingerprint density at radius 2 is 1.78 bits per heavy atom. The molecule has 0 amide bonds. The molecule has 5 nitrogen and oxygen atoms in total. The van der Waals surface area contributed by atoms with E-state index in [0.717, 1.165) is 10.5 Å². The fraction of sp³-hybridized carbons (Fsp3) is 0.167. The van der Waals surface area contributed by atoms with Gasteiger partial charge in [-0.05, 0) is 30.3 Å². The van der Waals surface area contributed by atoms with E-state index in [-0.39, 0.29) is 0 Å². The monoisotopic (exact) mass is 262 g/mol. The number of aliphatic hydroxyl groups excluding tert-OH is 1. The lowest BCUT2D eigenvalue weighted by Crippen LogP contribution is -2.00. The van der Waals surface area contributed by atoms with Crippen LogP contribution in [0, 0.1) is 0 Å². The fourth-order valence-electron chi connectivity index (χ4n) is 1.52. The largest absolute Gasteiger partial charge is 0.389 e. The quantitative estimate of drug-likeness (QED) is 0.730. The van der Waals surface area contributed by atoms with Crippen LogP contribution in [0.3, 0.4) is 0 Å². The first-order valence-electron chi connectivity index (χ1n) is 5.41. The van der Waals surface area contributed by atoms with Crippen LogP contribution in [0.1, 0.15) is 18.6 Å². The summed E-state index contributed by atoms with van der Waals surface area (Å²) < 4.78 is 0. The maximum Gasteiger partial charge on any atom is 0.196 e. The molecule has 1 unspecified atom stereocenters. The van der Waals surface area contributed by atoms with Gasteiger partial charge in [-0.2, -0.15) is 0 Å². The van der Waals surface area contributed by atoms with Gasteiger partial charge in [-0.1, -0.05) is 18.2 Å². The van der Waals surface area contributed by atoms with E-state index in [2.05, 4.69) is 9.97 Å². The number of hydrogen-bond acceptors (Lipinski definition) is 6. The Kier molecular flexibility index (Phi) is 3.69. The normalized spacial score (nSPS) is 12.3. The Labute approximate surface area is 109 Å². The van der Waals surface area contributed by atoms with E-state index in [1.807, 2.05) is 24.3 Å². The van der Waals surface area contributed by atoms with Crippen molar-refractivity contribution in [3.8, 4) is 0 Å². The van der Waals surface area contributed by atoms with Gasteiger partial charge in [-0.3, -0.25) is 0 Å². The summed E-state index contributed by atoms with van der Waals surface area (Å²) in [7, 11) is 0. The van der Waals surface area contributed by atoms with Crippen molar-refractivity contribution >= 4 is 23.4 Å². The van der Waals surface area contributed by atoms with Crippen molar-refractivity contribution in [2.75, 3.05) is 11.5 Å². The molecule has 18 heavy (non-hydrogen) atoms. The van der Waals surface area contributed by atoms with Gasteiger partial charge in [0.1, 0.15) is 11.6 Å². The van der Waals surface area contributed by atoms with Crippen molar-refractivity contribution < 1.29 is 5.11 Å². The second kappa shape index (κ2) is 5.24. The molecular weight excluding hydrogens is 248 g/mol. The first-order valence-corrected chi connectivity index (χ1v) is 6.23. The van der Waals surface area contributed by atoms with E-state index in [9.17, 15) is 5.11 Å². The zero-order chi connectivity index (χ0) is 13.1. The van der Waals surface area contributed by atoms with Crippen molar-refractivity contribution in [3.63, 3.8) is 0 Å². The van der Waals surface area contributed by atoms with Crippen molar-refractivity contribution in [3.05, 3.63) is 35.9 Å². The maximum absolute atomic E-state index is 9.69. The van der Waals surface area contributed by atoms with Crippen LogP contribution in [0.25, 0.3) is 0 Å². The minimum absolute atomic E-state index is 0.333. The lowest BCUT2D eigenvalue weighted by Gasteiger charge is -2.10. The van der Waals surface area contributed by atoms with Crippen LogP contribution in [0.2, 0.25) is 0 Å². The smallest absolute Gasteiger partial charge is 0.196 e. The minimum atomic E-state index is -0.549. The summed E-state index contributed by atoms with van der Waals surface area (Å²) in [5.74, 6) is 0.666. The Bertz CT molecular complexity index is 539. The third-order valence-corrected chi connectivity index (χ3v) is 3.27. The van der Waals surface area contributed by atoms with E-state index in [1.54, 1.807) is 6.92 Å². The number of hydrogen-bond donors (Lipinski definition) is 3. The highest BCUT2D eigenvalue weighted by Gasteiger charge is 2.10. The molecule has 5 N–H and O–H groups in total. The third kappa shape index (κ3) is 2.91. The first kappa shape index (κ1) is 12.7. The number of nitrogen functional groups attached to an aromatic ring is 2. The Hall–Kier alpha value is -1.79. The molecule has 0 saturated carbocycles. The standard InChI is InChI=1S/C12H14N4OS/c1-7(17)8-4-2-3-5-9(8)18-12-15-10(13)6-11(14)16-12/h2-7,17H,1H3,(H4,13,14,15,16). The summed E-state index contributed by atoms with van der Waals surface area (Å²) in [5, 5.41) is 10.2. The molecule has 1 aromatic heterocycles. The van der Waals surface area contributed by atoms with Crippen molar-refractivity contribution in [2.24, 2.45) is 0 Å². The molecular formula is C12H14N4OS. The van der Waals surface area contributed by atoms with Gasteiger partial charge in [-0.25, -0.2) is 9.97 Å². The van der Waals surface area contributed by atoms with Crippen molar-refractivity contribution in [2.45, 2.75) is 23.1 Å². The first-order chi connectivity index (χ1) is 8.56. The Morgan fingerprint density at radius 1 is 1.17 bits per heavy atom. The van der Waals surface area contributed by atoms with E-state index < -0.39 is 6.10 Å². The van der Waals surface area contributed by atoms with Gasteiger partial charge < -0.3 is 16.6 Å². The number of nitrogens with two attached hydrogens (primary N) is 2. The van der Waals surface area contributed by atoms with E-state index in [0.29, 0.717) is 16.8 Å². The molecule has 0 fully saturated rings. The number of aliphatic hydroxyl groups is 1. The number of rotatable bonds is 3. The van der Waals surface area contributed by atoms with Crippen LogP contribution in [-0.4, -0.2) is 15.1 Å². The third-order valence-electron chi connectivity index (χ3n) is 2.32. The Balaban J connectivity index is 2.34. The van der Waals surface area contributed by atoms with Gasteiger partial charge >= 0.3 is 0 Å². The second-order valence-corrected chi connectivity index (χ2v) is 4.83. The zero-order valence-electron chi connectivity index (χ0n) is 9.87. The van der Waals surface area contributed by atoms with Crippen LogP contribution in [0.4, 0.5) is 11.6 Å². The molecule has 2 rings (SSSR count). The van der Waals surface area contributed by atoms with Gasteiger partial charge in [-0.15, -0.1) is 0 Å². The highest BCUT2D eigenvalue weighted by Crippen LogP contribution is 2.31. The molecule has 2 aromatic rings. The van der Waals surface area contributed by atoms with Crippen LogP contribution in [0.5, 0.6) is 0 Å². The predicted octanol–water partition coefficient (Wildman–Crippen LogP) is 1.85. The predicted molar refractivity (Wildman–Crippen MR) is 72.1 cm³/mol. The van der Waals surface area contributed by atoms with Gasteiger partial charge in [0, 0.05) is 11.0 Å². The average molecular weight is 262 g/mol. The number of aromatic nitrogens is 2. The molecule has 0 aliphatic rings. The molecule has 1 atom stereocenters.